The summed E-state index contributed by atoms with van der Waals surface area (Å²) in [6, 6.07) is 0.323. The maximum absolute atomic E-state index is 11.7. The van der Waals surface area contributed by atoms with Gasteiger partial charge in [0.15, 0.2) is 0 Å². The van der Waals surface area contributed by atoms with Crippen LogP contribution in [0.2, 0.25) is 0 Å². The van der Waals surface area contributed by atoms with Crippen LogP contribution >= 0.6 is 0 Å². The summed E-state index contributed by atoms with van der Waals surface area (Å²) in [4.78, 5) is 11.7. The summed E-state index contributed by atoms with van der Waals surface area (Å²) in [6.45, 7) is 5.73. The zero-order valence-corrected chi connectivity index (χ0v) is 9.12. The van der Waals surface area contributed by atoms with Crippen LogP contribution in [0.1, 0.15) is 33.6 Å². The molecule has 0 saturated heterocycles. The molecule has 2 rings (SSSR count). The van der Waals surface area contributed by atoms with Crippen LogP contribution in [0.3, 0.4) is 0 Å². The van der Waals surface area contributed by atoms with Gasteiger partial charge in [-0.15, -0.1) is 0 Å². The molecule has 2 fully saturated rings. The lowest BCUT2D eigenvalue weighted by atomic mass is 10.1. The van der Waals surface area contributed by atoms with Crippen molar-refractivity contribution >= 4 is 5.97 Å². The predicted molar refractivity (Wildman–Crippen MR) is 53.5 cm³/mol. The molecule has 2 unspecified atom stereocenters. The van der Waals surface area contributed by atoms with E-state index in [-0.39, 0.29) is 17.5 Å². The van der Waals surface area contributed by atoms with Crippen molar-refractivity contribution in [2.45, 2.75) is 45.3 Å². The van der Waals surface area contributed by atoms with Gasteiger partial charge in [-0.05, 0) is 45.4 Å². The van der Waals surface area contributed by atoms with Crippen LogP contribution in [-0.4, -0.2) is 17.6 Å². The highest BCUT2D eigenvalue weighted by molar-refractivity contribution is 5.77. The van der Waals surface area contributed by atoms with Gasteiger partial charge in [0, 0.05) is 6.04 Å². The molecule has 2 N–H and O–H groups in total. The second-order valence-corrected chi connectivity index (χ2v) is 5.62. The van der Waals surface area contributed by atoms with Crippen molar-refractivity contribution in [3.05, 3.63) is 0 Å². The van der Waals surface area contributed by atoms with Crippen LogP contribution in [0, 0.1) is 17.8 Å². The number of esters is 1. The largest absolute Gasteiger partial charge is 0.460 e. The number of carbonyl (C=O) groups is 1. The van der Waals surface area contributed by atoms with Gasteiger partial charge in [0.1, 0.15) is 5.60 Å². The Hall–Kier alpha value is -0.570. The summed E-state index contributed by atoms with van der Waals surface area (Å²) in [5.41, 5.74) is 5.44. The van der Waals surface area contributed by atoms with E-state index in [0.717, 1.165) is 12.8 Å². The summed E-state index contributed by atoms with van der Waals surface area (Å²) >= 11 is 0. The van der Waals surface area contributed by atoms with E-state index < -0.39 is 0 Å². The highest BCUT2D eigenvalue weighted by Crippen LogP contribution is 2.57. The molecule has 3 heteroatoms. The van der Waals surface area contributed by atoms with Gasteiger partial charge in [0.05, 0.1) is 5.92 Å². The molecule has 2 atom stereocenters. The molecule has 2 aliphatic rings. The second-order valence-electron chi connectivity index (χ2n) is 5.62. The highest BCUT2D eigenvalue weighted by atomic mass is 16.6. The molecular weight excluding hydrogens is 178 g/mol. The van der Waals surface area contributed by atoms with Crippen LogP contribution in [0.25, 0.3) is 0 Å². The van der Waals surface area contributed by atoms with Crippen LogP contribution < -0.4 is 5.73 Å². The summed E-state index contributed by atoms with van der Waals surface area (Å²) in [6.07, 6.45) is 2.02. The van der Waals surface area contributed by atoms with Crippen LogP contribution in [0.15, 0.2) is 0 Å². The Morgan fingerprint density at radius 2 is 1.79 bits per heavy atom. The monoisotopic (exact) mass is 197 g/mol. The molecule has 0 aromatic carbocycles. The molecule has 14 heavy (non-hydrogen) atoms. The number of hydrogen-bond acceptors (Lipinski definition) is 3. The summed E-state index contributed by atoms with van der Waals surface area (Å²) in [5, 5.41) is 0. The van der Waals surface area contributed by atoms with Gasteiger partial charge in [-0.25, -0.2) is 0 Å². The standard InChI is InChI=1S/C11H19NO2/c1-11(2,3)14-10(13)9-7-4-6(12)5-8(7)9/h6-9H,4-5,12H2,1-3H3. The molecule has 0 spiro atoms. The third kappa shape index (κ3) is 1.78. The van der Waals surface area contributed by atoms with E-state index in [0.29, 0.717) is 17.9 Å². The third-order valence-electron chi connectivity index (χ3n) is 3.16. The van der Waals surface area contributed by atoms with Gasteiger partial charge < -0.3 is 10.5 Å². The number of ether oxygens (including phenoxy) is 1. The van der Waals surface area contributed by atoms with E-state index >= 15 is 0 Å². The first-order valence-corrected chi connectivity index (χ1v) is 5.37. The van der Waals surface area contributed by atoms with Gasteiger partial charge in [-0.1, -0.05) is 0 Å². The fourth-order valence-corrected chi connectivity index (χ4v) is 2.60. The van der Waals surface area contributed by atoms with Crippen molar-refractivity contribution in [3.8, 4) is 0 Å². The molecule has 0 amide bonds. The van der Waals surface area contributed by atoms with E-state index in [4.69, 9.17) is 10.5 Å². The Morgan fingerprint density at radius 1 is 1.29 bits per heavy atom. The van der Waals surface area contributed by atoms with E-state index in [9.17, 15) is 4.79 Å². The van der Waals surface area contributed by atoms with Crippen LogP contribution in [0.4, 0.5) is 0 Å². The molecule has 80 valence electrons. The van der Waals surface area contributed by atoms with Gasteiger partial charge >= 0.3 is 5.97 Å². The first kappa shape index (κ1) is 9.97. The Bertz CT molecular complexity index is 245. The first-order chi connectivity index (χ1) is 6.38. The summed E-state index contributed by atoms with van der Waals surface area (Å²) < 4.78 is 5.35. The highest BCUT2D eigenvalue weighted by Gasteiger charge is 2.60. The Morgan fingerprint density at radius 3 is 2.21 bits per heavy atom. The minimum Gasteiger partial charge on any atom is -0.460 e. The molecule has 0 radical (unpaired) electrons. The molecule has 2 aliphatic carbocycles. The average Bonchev–Trinajstić information content (AvgIpc) is 2.47. The first-order valence-electron chi connectivity index (χ1n) is 5.37. The van der Waals surface area contributed by atoms with E-state index in [2.05, 4.69) is 0 Å². The van der Waals surface area contributed by atoms with Gasteiger partial charge in [0.2, 0.25) is 0 Å². The third-order valence-corrected chi connectivity index (χ3v) is 3.16. The van der Waals surface area contributed by atoms with E-state index in [1.165, 1.54) is 0 Å². The van der Waals surface area contributed by atoms with Crippen LogP contribution in [-0.2, 0) is 9.53 Å². The number of carbonyl (C=O) groups excluding carboxylic acids is 1. The molecular formula is C11H19NO2. The minimum absolute atomic E-state index is 0.0144. The smallest absolute Gasteiger partial charge is 0.310 e. The Balaban J connectivity index is 1.86. The molecule has 3 nitrogen and oxygen atoms in total. The minimum atomic E-state index is -0.351. The maximum Gasteiger partial charge on any atom is 0.310 e. The Labute approximate surface area is 85.0 Å². The number of rotatable bonds is 1. The van der Waals surface area contributed by atoms with Crippen molar-refractivity contribution < 1.29 is 9.53 Å². The zero-order chi connectivity index (χ0) is 10.5. The van der Waals surface area contributed by atoms with Gasteiger partial charge in [-0.2, -0.15) is 0 Å². The van der Waals surface area contributed by atoms with Gasteiger partial charge in [0.25, 0.3) is 0 Å². The van der Waals surface area contributed by atoms with E-state index in [1.807, 2.05) is 20.8 Å². The number of nitrogens with two attached hydrogens (primary N) is 1. The predicted octanol–water partition coefficient (Wildman–Crippen LogP) is 1.31. The lowest BCUT2D eigenvalue weighted by Crippen LogP contribution is -2.27. The molecule has 0 aromatic heterocycles. The SMILES string of the molecule is CC(C)(C)OC(=O)C1C2CC(N)CC21. The zero-order valence-electron chi connectivity index (χ0n) is 9.12. The molecule has 0 heterocycles. The van der Waals surface area contributed by atoms with Crippen molar-refractivity contribution in [1.29, 1.82) is 0 Å². The quantitative estimate of drug-likeness (QED) is 0.645. The molecule has 2 saturated carbocycles. The number of hydrogen-bond donors (Lipinski definition) is 1. The normalized spacial score (nSPS) is 40.6. The second kappa shape index (κ2) is 2.96. The van der Waals surface area contributed by atoms with Crippen molar-refractivity contribution in [3.63, 3.8) is 0 Å². The number of fused-ring (bicyclic) bond motifs is 1. The average molecular weight is 197 g/mol. The fourth-order valence-electron chi connectivity index (χ4n) is 2.60. The van der Waals surface area contributed by atoms with Crippen molar-refractivity contribution in [1.82, 2.24) is 0 Å². The molecule has 0 aromatic rings. The Kier molecular flexibility index (Phi) is 2.11. The molecule has 0 aliphatic heterocycles. The fraction of sp³-hybridized carbons (Fsp3) is 0.909. The summed E-state index contributed by atoms with van der Waals surface area (Å²) in [5.74, 6) is 1.20. The van der Waals surface area contributed by atoms with Crippen molar-refractivity contribution in [2.24, 2.45) is 23.5 Å². The van der Waals surface area contributed by atoms with Crippen molar-refractivity contribution in [2.75, 3.05) is 0 Å². The lowest BCUT2D eigenvalue weighted by molar-refractivity contribution is -0.157. The summed E-state index contributed by atoms with van der Waals surface area (Å²) in [7, 11) is 0. The maximum atomic E-state index is 11.7. The lowest BCUT2D eigenvalue weighted by Gasteiger charge is -2.20. The topological polar surface area (TPSA) is 52.3 Å². The van der Waals surface area contributed by atoms with Gasteiger partial charge in [-0.3, -0.25) is 4.79 Å². The van der Waals surface area contributed by atoms with E-state index in [1.54, 1.807) is 0 Å². The van der Waals surface area contributed by atoms with Crippen LogP contribution in [0.5, 0.6) is 0 Å². The molecule has 0 bridgehead atoms.